The van der Waals surface area contributed by atoms with Gasteiger partial charge in [0.05, 0.1) is 7.11 Å². The SMILES string of the molecule is COO[Si](O)(O)OCCC(C)C. The molecule has 12 heavy (non-hydrogen) atoms. The average molecular weight is 196 g/mol. The van der Waals surface area contributed by atoms with Crippen molar-refractivity contribution in [3.05, 3.63) is 0 Å². The Balaban J connectivity index is 3.46. The van der Waals surface area contributed by atoms with Gasteiger partial charge in [0, 0.05) is 6.61 Å². The lowest BCUT2D eigenvalue weighted by molar-refractivity contribution is -0.244. The first-order valence-electron chi connectivity index (χ1n) is 3.78. The van der Waals surface area contributed by atoms with Gasteiger partial charge in [0.1, 0.15) is 0 Å². The minimum Gasteiger partial charge on any atom is -0.366 e. The van der Waals surface area contributed by atoms with E-state index in [1.165, 1.54) is 7.11 Å². The first kappa shape index (κ1) is 12.0. The summed E-state index contributed by atoms with van der Waals surface area (Å²) in [5, 5.41) is 0. The molecule has 0 saturated carbocycles. The number of hydrogen-bond acceptors (Lipinski definition) is 5. The molecule has 0 aromatic heterocycles. The standard InChI is InChI=1S/C6H16O5Si/c1-6(2)4-5-10-12(7,8)11-9-3/h6-8H,4-5H2,1-3H3. The van der Waals surface area contributed by atoms with Gasteiger partial charge in [0.25, 0.3) is 0 Å². The maximum absolute atomic E-state index is 8.95. The predicted molar refractivity (Wildman–Crippen MR) is 43.7 cm³/mol. The van der Waals surface area contributed by atoms with Crippen LogP contribution < -0.4 is 0 Å². The third kappa shape index (κ3) is 6.71. The summed E-state index contributed by atoms with van der Waals surface area (Å²) in [6.07, 6.45) is 0.753. The van der Waals surface area contributed by atoms with Crippen molar-refractivity contribution in [3.8, 4) is 0 Å². The normalized spacial score (nSPS) is 12.5. The van der Waals surface area contributed by atoms with Gasteiger partial charge in [-0.2, -0.15) is 4.58 Å². The van der Waals surface area contributed by atoms with Gasteiger partial charge in [-0.3, -0.25) is 0 Å². The summed E-state index contributed by atoms with van der Waals surface area (Å²) in [6, 6.07) is 0. The molecule has 6 heteroatoms. The molecule has 0 bridgehead atoms. The van der Waals surface area contributed by atoms with Gasteiger partial charge < -0.3 is 14.0 Å². The van der Waals surface area contributed by atoms with Gasteiger partial charge in [-0.1, -0.05) is 13.8 Å². The van der Waals surface area contributed by atoms with Crippen molar-refractivity contribution < 1.29 is 23.5 Å². The fourth-order valence-corrected chi connectivity index (χ4v) is 1.21. The lowest BCUT2D eigenvalue weighted by Crippen LogP contribution is -2.42. The van der Waals surface area contributed by atoms with Crippen LogP contribution in [0, 0.1) is 5.92 Å². The lowest BCUT2D eigenvalue weighted by atomic mass is 10.2. The van der Waals surface area contributed by atoms with E-state index in [2.05, 4.69) is 13.9 Å². The highest BCUT2D eigenvalue weighted by Gasteiger charge is 2.37. The molecule has 0 fully saturated rings. The van der Waals surface area contributed by atoms with Crippen molar-refractivity contribution in [1.29, 1.82) is 0 Å². The van der Waals surface area contributed by atoms with E-state index in [4.69, 9.17) is 9.59 Å². The number of rotatable bonds is 6. The Morgan fingerprint density at radius 3 is 2.33 bits per heavy atom. The van der Waals surface area contributed by atoms with Crippen molar-refractivity contribution in [2.24, 2.45) is 5.92 Å². The molecule has 2 N–H and O–H groups in total. The molecule has 0 aliphatic carbocycles. The van der Waals surface area contributed by atoms with Crippen molar-refractivity contribution in [3.63, 3.8) is 0 Å². The Hall–Kier alpha value is 0.0169. The molecule has 0 atom stereocenters. The quantitative estimate of drug-likeness (QED) is 0.357. The highest BCUT2D eigenvalue weighted by Crippen LogP contribution is 2.03. The molecule has 74 valence electrons. The highest BCUT2D eigenvalue weighted by molar-refractivity contribution is 6.49. The summed E-state index contributed by atoms with van der Waals surface area (Å²) in [5.74, 6) is 0.456. The molecule has 5 nitrogen and oxygen atoms in total. The lowest BCUT2D eigenvalue weighted by Gasteiger charge is -2.15. The molecule has 0 aromatic carbocycles. The Labute approximate surface area is 73.3 Å². The molecule has 0 aliphatic rings. The molecule has 0 spiro atoms. The monoisotopic (exact) mass is 196 g/mol. The van der Waals surface area contributed by atoms with Gasteiger partial charge in [-0.25, -0.2) is 4.89 Å². The molecule has 0 unspecified atom stereocenters. The predicted octanol–water partition coefficient (Wildman–Crippen LogP) is 0.0473. The van der Waals surface area contributed by atoms with E-state index in [1.807, 2.05) is 13.8 Å². The second-order valence-electron chi connectivity index (χ2n) is 2.83. The Bertz CT molecular complexity index is 117. The zero-order valence-electron chi connectivity index (χ0n) is 7.61. The number of hydrogen-bond donors (Lipinski definition) is 2. The maximum atomic E-state index is 8.95. The average Bonchev–Trinajstić information content (AvgIpc) is 1.85. The third-order valence-electron chi connectivity index (χ3n) is 1.18. The minimum absolute atomic E-state index is 0.264. The van der Waals surface area contributed by atoms with Crippen LogP contribution in [0.5, 0.6) is 0 Å². The first-order chi connectivity index (χ1) is 5.48. The van der Waals surface area contributed by atoms with Gasteiger partial charge in [-0.05, 0) is 12.3 Å². The van der Waals surface area contributed by atoms with Crippen molar-refractivity contribution in [1.82, 2.24) is 0 Å². The molecule has 0 amide bonds. The van der Waals surface area contributed by atoms with Crippen molar-refractivity contribution >= 4 is 9.05 Å². The van der Waals surface area contributed by atoms with Gasteiger partial charge in [-0.15, -0.1) is 0 Å². The van der Waals surface area contributed by atoms with Crippen LogP contribution in [-0.2, 0) is 13.9 Å². The summed E-state index contributed by atoms with van der Waals surface area (Å²) in [7, 11) is -2.80. The third-order valence-corrected chi connectivity index (χ3v) is 2.14. The van der Waals surface area contributed by atoms with Crippen LogP contribution in [-0.4, -0.2) is 32.4 Å². The smallest absolute Gasteiger partial charge is 0.366 e. The van der Waals surface area contributed by atoms with Crippen LogP contribution in [0.25, 0.3) is 0 Å². The van der Waals surface area contributed by atoms with Crippen LogP contribution in [0.1, 0.15) is 20.3 Å². The van der Waals surface area contributed by atoms with E-state index in [0.717, 1.165) is 6.42 Å². The maximum Gasteiger partial charge on any atom is 0.702 e. The molecule has 0 aliphatic heterocycles. The molecular weight excluding hydrogens is 180 g/mol. The van der Waals surface area contributed by atoms with E-state index >= 15 is 0 Å². The topological polar surface area (TPSA) is 68.2 Å². The Morgan fingerprint density at radius 2 is 1.92 bits per heavy atom. The molecule has 0 aromatic rings. The highest BCUT2D eigenvalue weighted by atomic mass is 28.4. The Morgan fingerprint density at radius 1 is 1.33 bits per heavy atom. The van der Waals surface area contributed by atoms with E-state index < -0.39 is 9.05 Å². The van der Waals surface area contributed by atoms with Gasteiger partial charge in [0.15, 0.2) is 0 Å². The van der Waals surface area contributed by atoms with E-state index in [-0.39, 0.29) is 6.61 Å². The van der Waals surface area contributed by atoms with Gasteiger partial charge in [0.2, 0.25) is 0 Å². The fraction of sp³-hybridized carbons (Fsp3) is 1.00. The van der Waals surface area contributed by atoms with Crippen LogP contribution in [0.4, 0.5) is 0 Å². The minimum atomic E-state index is -3.99. The summed E-state index contributed by atoms with van der Waals surface area (Å²) in [4.78, 5) is 22.0. The molecule has 0 heterocycles. The Kier molecular flexibility index (Phi) is 5.63. The van der Waals surface area contributed by atoms with Crippen LogP contribution >= 0.6 is 0 Å². The second-order valence-corrected chi connectivity index (χ2v) is 4.38. The molecule has 0 saturated heterocycles. The van der Waals surface area contributed by atoms with Gasteiger partial charge >= 0.3 is 9.05 Å². The fourth-order valence-electron chi connectivity index (χ4n) is 0.560. The first-order valence-corrected chi connectivity index (χ1v) is 5.49. The van der Waals surface area contributed by atoms with Crippen LogP contribution in [0.3, 0.4) is 0 Å². The van der Waals surface area contributed by atoms with Crippen molar-refractivity contribution in [2.45, 2.75) is 20.3 Å². The van der Waals surface area contributed by atoms with E-state index in [0.29, 0.717) is 5.92 Å². The van der Waals surface area contributed by atoms with E-state index in [9.17, 15) is 0 Å². The van der Waals surface area contributed by atoms with Crippen LogP contribution in [0.2, 0.25) is 0 Å². The summed E-state index contributed by atoms with van der Waals surface area (Å²) in [5.41, 5.74) is 0. The molecule has 0 rings (SSSR count). The summed E-state index contributed by atoms with van der Waals surface area (Å²) in [6.45, 7) is 4.29. The van der Waals surface area contributed by atoms with Crippen molar-refractivity contribution in [2.75, 3.05) is 13.7 Å². The van der Waals surface area contributed by atoms with E-state index in [1.54, 1.807) is 0 Å². The zero-order chi connectivity index (χ0) is 9.61. The molecule has 0 radical (unpaired) electrons. The molecular formula is C6H16O5Si. The van der Waals surface area contributed by atoms with Crippen LogP contribution in [0.15, 0.2) is 0 Å². The largest absolute Gasteiger partial charge is 0.702 e. The summed E-state index contributed by atoms with van der Waals surface area (Å²) < 4.78 is 8.82. The second kappa shape index (κ2) is 5.63. The zero-order valence-corrected chi connectivity index (χ0v) is 8.61. The summed E-state index contributed by atoms with van der Waals surface area (Å²) >= 11 is 0.